The van der Waals surface area contributed by atoms with Crippen molar-refractivity contribution >= 4 is 27.3 Å². The number of methoxy groups -OCH3 is 2. The normalized spacial score (nSPS) is 10.7. The fourth-order valence-corrected chi connectivity index (χ4v) is 4.49. The molecule has 214 valence electrons. The maximum absolute atomic E-state index is 13.4. The van der Waals surface area contributed by atoms with Crippen molar-refractivity contribution in [1.29, 1.82) is 5.41 Å². The van der Waals surface area contributed by atoms with E-state index in [0.717, 1.165) is 5.57 Å². The van der Waals surface area contributed by atoms with Gasteiger partial charge in [0.05, 0.1) is 20.8 Å². The van der Waals surface area contributed by atoms with Crippen LogP contribution in [-0.4, -0.2) is 55.1 Å². The number of allylic oxidation sites excluding steroid dienone is 1. The molecule has 0 radical (unpaired) electrons. The van der Waals surface area contributed by atoms with E-state index >= 15 is 0 Å². The maximum Gasteiger partial charge on any atom is 1.00 e. The van der Waals surface area contributed by atoms with E-state index in [1.54, 1.807) is 56.3 Å². The number of aromatic nitrogens is 4. The monoisotopic (exact) mass is 600 g/mol. The van der Waals surface area contributed by atoms with Gasteiger partial charge in [0.1, 0.15) is 5.69 Å². The summed E-state index contributed by atoms with van der Waals surface area (Å²) in [5, 5.41) is 7.83. The first-order valence-corrected chi connectivity index (χ1v) is 13.7. The van der Waals surface area contributed by atoms with Gasteiger partial charge in [-0.1, -0.05) is 24.8 Å². The number of sulfonamides is 1. The van der Waals surface area contributed by atoms with Crippen LogP contribution in [-0.2, 0) is 14.8 Å². The van der Waals surface area contributed by atoms with E-state index in [4.69, 9.17) is 24.4 Å². The van der Waals surface area contributed by atoms with Gasteiger partial charge in [-0.2, -0.15) is 13.4 Å². The third kappa shape index (κ3) is 7.42. The van der Waals surface area contributed by atoms with Crippen LogP contribution < -0.4 is 48.5 Å². The van der Waals surface area contributed by atoms with Crippen LogP contribution in [0, 0.1) is 5.41 Å². The zero-order chi connectivity index (χ0) is 29.6. The van der Waals surface area contributed by atoms with E-state index in [1.807, 2.05) is 0 Å². The number of ether oxygens (including phenoxy) is 4. The summed E-state index contributed by atoms with van der Waals surface area (Å²) in [5.41, 5.74) is 2.10. The Balaban J connectivity index is 0.00000323. The zero-order valence-corrected chi connectivity index (χ0v) is 26.7. The molecule has 3 heterocycles. The molecule has 0 aliphatic carbocycles. The van der Waals surface area contributed by atoms with Crippen molar-refractivity contribution in [3.05, 3.63) is 78.8 Å². The Hall–Kier alpha value is -4.04. The second kappa shape index (κ2) is 14.2. The molecular weight excluding hydrogens is 571 g/mol. The standard InChI is InChI=1S/C28H28N6O6S.Na.H/c1-6-39-25(29)20-15-18(13-14-30-20)26-32-27(34-41(35,36)23-12-11-19(16-31-23)17(2)3)24(28(33-26)38-5)40-22-10-8-7-9-21(22)37-4;;/h7-16,29H,2,6H2,1,3-5H3,(H,32,33,34);;/q;+1;-1. The summed E-state index contributed by atoms with van der Waals surface area (Å²) in [7, 11) is -1.42. The van der Waals surface area contributed by atoms with Crippen molar-refractivity contribution < 1.29 is 58.3 Å². The van der Waals surface area contributed by atoms with Crippen LogP contribution in [0.2, 0.25) is 0 Å². The van der Waals surface area contributed by atoms with Gasteiger partial charge in [-0.25, -0.2) is 9.97 Å². The van der Waals surface area contributed by atoms with E-state index in [9.17, 15) is 8.42 Å². The smallest absolute Gasteiger partial charge is 1.00 e. The molecule has 0 fully saturated rings. The van der Waals surface area contributed by atoms with Crippen LogP contribution in [0.25, 0.3) is 17.0 Å². The van der Waals surface area contributed by atoms with Crippen molar-refractivity contribution in [2.75, 3.05) is 25.5 Å². The molecule has 0 atom stereocenters. The zero-order valence-electron chi connectivity index (χ0n) is 24.8. The number of rotatable bonds is 11. The van der Waals surface area contributed by atoms with Crippen molar-refractivity contribution in [3.63, 3.8) is 0 Å². The molecule has 4 rings (SSSR count). The summed E-state index contributed by atoms with van der Waals surface area (Å²) in [5.74, 6) is 0.194. The summed E-state index contributed by atoms with van der Waals surface area (Å²) in [6.45, 7) is 7.68. The van der Waals surface area contributed by atoms with Crippen LogP contribution in [0.1, 0.15) is 26.5 Å². The van der Waals surface area contributed by atoms with E-state index in [0.29, 0.717) is 16.9 Å². The minimum absolute atomic E-state index is 0. The number of benzene rings is 1. The Kier molecular flexibility index (Phi) is 11.0. The summed E-state index contributed by atoms with van der Waals surface area (Å²) >= 11 is 0. The predicted octanol–water partition coefficient (Wildman–Crippen LogP) is 2.06. The molecule has 4 aromatic rings. The minimum Gasteiger partial charge on any atom is -1.00 e. The molecule has 0 aliphatic rings. The Morgan fingerprint density at radius 3 is 2.40 bits per heavy atom. The second-order valence-corrected chi connectivity index (χ2v) is 10.1. The molecule has 0 saturated carbocycles. The van der Waals surface area contributed by atoms with Crippen molar-refractivity contribution in [1.82, 2.24) is 19.9 Å². The van der Waals surface area contributed by atoms with Crippen LogP contribution in [0.15, 0.2) is 72.5 Å². The van der Waals surface area contributed by atoms with Crippen molar-refractivity contribution in [2.24, 2.45) is 0 Å². The molecule has 0 aliphatic heterocycles. The number of anilines is 1. The van der Waals surface area contributed by atoms with E-state index in [-0.39, 0.29) is 83.2 Å². The number of para-hydroxylation sites is 2. The van der Waals surface area contributed by atoms with E-state index in [1.165, 1.54) is 32.7 Å². The van der Waals surface area contributed by atoms with Gasteiger partial charge < -0.3 is 20.4 Å². The molecule has 42 heavy (non-hydrogen) atoms. The molecule has 14 heteroatoms. The first-order valence-electron chi connectivity index (χ1n) is 12.3. The number of hydrogen-bond donors (Lipinski definition) is 2. The van der Waals surface area contributed by atoms with Gasteiger partial charge in [-0.15, -0.1) is 0 Å². The Labute approximate surface area is 267 Å². The van der Waals surface area contributed by atoms with Gasteiger partial charge >= 0.3 is 29.6 Å². The molecule has 0 saturated heterocycles. The summed E-state index contributed by atoms with van der Waals surface area (Å²) in [6, 6.07) is 12.9. The molecule has 0 unspecified atom stereocenters. The Bertz CT molecular complexity index is 1710. The second-order valence-electron chi connectivity index (χ2n) is 8.45. The van der Waals surface area contributed by atoms with Gasteiger partial charge in [-0.3, -0.25) is 15.1 Å². The number of nitrogens with zero attached hydrogens (tertiary/aromatic N) is 4. The molecule has 2 N–H and O–H groups in total. The third-order valence-corrected chi connectivity index (χ3v) is 6.84. The fourth-order valence-electron chi connectivity index (χ4n) is 3.55. The maximum atomic E-state index is 13.4. The van der Waals surface area contributed by atoms with Crippen molar-refractivity contribution in [2.45, 2.75) is 18.9 Å². The van der Waals surface area contributed by atoms with E-state index < -0.39 is 10.0 Å². The van der Waals surface area contributed by atoms with Crippen molar-refractivity contribution in [3.8, 4) is 34.5 Å². The van der Waals surface area contributed by atoms with Gasteiger partial charge in [0.2, 0.25) is 11.6 Å². The molecule has 0 spiro atoms. The van der Waals surface area contributed by atoms with Gasteiger partial charge in [0.25, 0.3) is 15.9 Å². The first-order chi connectivity index (χ1) is 19.7. The minimum atomic E-state index is -4.25. The average Bonchev–Trinajstić information content (AvgIpc) is 2.98. The van der Waals surface area contributed by atoms with Crippen LogP contribution in [0.4, 0.5) is 5.82 Å². The van der Waals surface area contributed by atoms with Crippen LogP contribution >= 0.6 is 0 Å². The summed E-state index contributed by atoms with van der Waals surface area (Å²) in [4.78, 5) is 17.2. The van der Waals surface area contributed by atoms with Gasteiger partial charge in [0, 0.05) is 18.0 Å². The third-order valence-electron chi connectivity index (χ3n) is 5.58. The summed E-state index contributed by atoms with van der Waals surface area (Å²) < 4.78 is 51.6. The predicted molar refractivity (Wildman–Crippen MR) is 154 cm³/mol. The Morgan fingerprint density at radius 1 is 1.05 bits per heavy atom. The molecule has 0 bridgehead atoms. The molecule has 12 nitrogen and oxygen atoms in total. The number of hydrogen-bond acceptors (Lipinski definition) is 11. The van der Waals surface area contributed by atoms with Crippen LogP contribution in [0.3, 0.4) is 0 Å². The Morgan fingerprint density at radius 2 is 1.79 bits per heavy atom. The number of nitrogens with one attached hydrogen (secondary N) is 2. The molecule has 1 aromatic carbocycles. The summed E-state index contributed by atoms with van der Waals surface area (Å²) in [6.07, 6.45) is 2.88. The van der Waals surface area contributed by atoms with Crippen LogP contribution in [0.5, 0.6) is 23.1 Å². The SMILES string of the molecule is C=C(C)c1ccc(S(=O)(=O)Nc2nc(-c3ccnc(C(=N)OCC)c3)nc(OC)c2Oc2ccccc2OC)nc1.[H-].[Na+]. The molecule has 3 aromatic heterocycles. The first kappa shape index (κ1) is 32.5. The number of pyridine rings is 2. The molecular formula is C28H29N6NaO6S. The van der Waals surface area contributed by atoms with Gasteiger partial charge in [0.15, 0.2) is 28.2 Å². The fraction of sp³-hybridized carbons (Fsp3) is 0.179. The average molecular weight is 601 g/mol. The largest absolute Gasteiger partial charge is 1.00 e. The van der Waals surface area contributed by atoms with Gasteiger partial charge in [-0.05, 0) is 55.3 Å². The topological polar surface area (TPSA) is 158 Å². The quantitative estimate of drug-likeness (QED) is 0.148. The molecule has 0 amide bonds. The van der Waals surface area contributed by atoms with E-state index in [2.05, 4.69) is 31.2 Å².